The molecule has 1 atom stereocenters. The van der Waals surface area contributed by atoms with E-state index in [2.05, 4.69) is 22.1 Å². The van der Waals surface area contributed by atoms with Gasteiger partial charge in [0.05, 0.1) is 0 Å². The van der Waals surface area contributed by atoms with Gasteiger partial charge >= 0.3 is 0 Å². The van der Waals surface area contributed by atoms with Crippen LogP contribution in [0.25, 0.3) is 11.1 Å². The van der Waals surface area contributed by atoms with E-state index in [0.29, 0.717) is 17.7 Å². The van der Waals surface area contributed by atoms with Gasteiger partial charge in [0, 0.05) is 18.3 Å². The highest BCUT2D eigenvalue weighted by Crippen LogP contribution is 2.22. The molecule has 5 heteroatoms. The molecule has 0 saturated carbocycles. The minimum absolute atomic E-state index is 0.416. The predicted octanol–water partition coefficient (Wildman–Crippen LogP) is 2.31. The first-order chi connectivity index (χ1) is 9.24. The number of anilines is 2. The minimum Gasteiger partial charge on any atom is -0.424 e. The van der Waals surface area contributed by atoms with E-state index < -0.39 is 0 Å². The number of nitrogens with zero attached hydrogens (tertiary/aromatic N) is 2. The van der Waals surface area contributed by atoms with Crippen LogP contribution in [0.15, 0.2) is 22.6 Å². The second-order valence-corrected chi connectivity index (χ2v) is 5.12. The average molecular weight is 260 g/mol. The second kappa shape index (κ2) is 5.09. The van der Waals surface area contributed by atoms with Crippen molar-refractivity contribution in [3.05, 3.63) is 18.2 Å². The van der Waals surface area contributed by atoms with E-state index in [0.717, 1.165) is 30.6 Å². The number of hydrogen-bond acceptors (Lipinski definition) is 5. The molecule has 1 fully saturated rings. The quantitative estimate of drug-likeness (QED) is 0.829. The highest BCUT2D eigenvalue weighted by molar-refractivity contribution is 5.78. The molecular weight excluding hydrogens is 240 g/mol. The van der Waals surface area contributed by atoms with Gasteiger partial charge in [0.1, 0.15) is 5.52 Å². The van der Waals surface area contributed by atoms with Gasteiger partial charge in [0.2, 0.25) is 0 Å². The van der Waals surface area contributed by atoms with Gasteiger partial charge in [-0.3, -0.25) is 0 Å². The number of aromatic nitrogens is 1. The van der Waals surface area contributed by atoms with E-state index in [9.17, 15) is 0 Å². The lowest BCUT2D eigenvalue weighted by molar-refractivity contribution is 0.225. The number of nitrogens with one attached hydrogen (secondary N) is 1. The van der Waals surface area contributed by atoms with Crippen LogP contribution in [0, 0.1) is 0 Å². The lowest BCUT2D eigenvalue weighted by atomic mass is 10.1. The molecule has 1 aromatic carbocycles. The Labute approximate surface area is 112 Å². The highest BCUT2D eigenvalue weighted by atomic mass is 16.4. The van der Waals surface area contributed by atoms with Crippen LogP contribution in [0.3, 0.4) is 0 Å². The van der Waals surface area contributed by atoms with Gasteiger partial charge in [0.15, 0.2) is 5.58 Å². The Morgan fingerprint density at radius 2 is 2.42 bits per heavy atom. The predicted molar refractivity (Wildman–Crippen MR) is 77.2 cm³/mol. The Balaban J connectivity index is 1.74. The van der Waals surface area contributed by atoms with Gasteiger partial charge in [-0.15, -0.1) is 0 Å². The van der Waals surface area contributed by atoms with Crippen molar-refractivity contribution >= 4 is 22.8 Å². The number of piperidine rings is 1. The summed E-state index contributed by atoms with van der Waals surface area (Å²) in [7, 11) is 0. The summed E-state index contributed by atoms with van der Waals surface area (Å²) in [4.78, 5) is 6.89. The fraction of sp³-hybridized carbons (Fsp3) is 0.500. The van der Waals surface area contributed by atoms with Crippen LogP contribution < -0.4 is 11.1 Å². The number of benzene rings is 1. The third-order valence-corrected chi connectivity index (χ3v) is 3.69. The first-order valence-corrected chi connectivity index (χ1v) is 6.89. The van der Waals surface area contributed by atoms with Crippen LogP contribution in [0.2, 0.25) is 0 Å². The summed E-state index contributed by atoms with van der Waals surface area (Å²) in [6.07, 6.45) is 2.38. The number of oxazole rings is 1. The molecule has 1 aliphatic rings. The number of nitrogen functional groups attached to an aromatic ring is 1. The maximum atomic E-state index is 5.74. The molecule has 0 spiro atoms. The zero-order valence-corrected chi connectivity index (χ0v) is 11.2. The van der Waals surface area contributed by atoms with Crippen LogP contribution >= 0.6 is 0 Å². The van der Waals surface area contributed by atoms with Crippen molar-refractivity contribution in [1.29, 1.82) is 0 Å². The summed E-state index contributed by atoms with van der Waals surface area (Å²) in [5.41, 5.74) is 8.04. The Bertz CT molecular complexity index is 566. The highest BCUT2D eigenvalue weighted by Gasteiger charge is 2.20. The largest absolute Gasteiger partial charge is 0.424 e. The van der Waals surface area contributed by atoms with Crippen LogP contribution in [0.4, 0.5) is 11.7 Å². The number of likely N-dealkylation sites (N-methyl/N-ethyl adjacent to an activating group) is 1. The van der Waals surface area contributed by atoms with Gasteiger partial charge in [0.25, 0.3) is 6.01 Å². The molecule has 1 saturated heterocycles. The second-order valence-electron chi connectivity index (χ2n) is 5.12. The number of nitrogens with two attached hydrogens (primary N) is 1. The van der Waals surface area contributed by atoms with E-state index in [1.165, 1.54) is 13.0 Å². The van der Waals surface area contributed by atoms with Crippen molar-refractivity contribution in [3.8, 4) is 0 Å². The molecule has 3 N–H and O–H groups in total. The van der Waals surface area contributed by atoms with Crippen LogP contribution in [-0.2, 0) is 0 Å². The summed E-state index contributed by atoms with van der Waals surface area (Å²) in [6, 6.07) is 6.55. The third-order valence-electron chi connectivity index (χ3n) is 3.69. The van der Waals surface area contributed by atoms with E-state index in [1.54, 1.807) is 0 Å². The number of hydrogen-bond donors (Lipinski definition) is 2. The molecule has 2 heterocycles. The Kier molecular flexibility index (Phi) is 3.29. The van der Waals surface area contributed by atoms with Crippen molar-refractivity contribution in [2.75, 3.05) is 30.7 Å². The molecule has 102 valence electrons. The maximum Gasteiger partial charge on any atom is 0.295 e. The molecule has 3 rings (SSSR count). The van der Waals surface area contributed by atoms with Crippen molar-refractivity contribution in [2.45, 2.75) is 25.8 Å². The van der Waals surface area contributed by atoms with Crippen LogP contribution in [-0.4, -0.2) is 35.6 Å². The molecule has 5 nitrogen and oxygen atoms in total. The Morgan fingerprint density at radius 3 is 3.26 bits per heavy atom. The molecule has 19 heavy (non-hydrogen) atoms. The fourth-order valence-electron chi connectivity index (χ4n) is 2.64. The fourth-order valence-corrected chi connectivity index (χ4v) is 2.64. The number of rotatable bonds is 3. The van der Waals surface area contributed by atoms with Crippen molar-refractivity contribution in [1.82, 2.24) is 9.88 Å². The summed E-state index contributed by atoms with van der Waals surface area (Å²) in [6.45, 7) is 5.54. The van der Waals surface area contributed by atoms with E-state index in [-0.39, 0.29) is 0 Å². The standard InChI is InChI=1S/C14H20N4O/c1-2-18-7-3-4-11(9-18)16-14-17-12-8-10(15)5-6-13(12)19-14/h5-6,8,11H,2-4,7,9,15H2,1H3,(H,16,17). The molecule has 1 aliphatic heterocycles. The minimum atomic E-state index is 0.416. The lowest BCUT2D eigenvalue weighted by Crippen LogP contribution is -2.41. The van der Waals surface area contributed by atoms with Crippen molar-refractivity contribution in [3.63, 3.8) is 0 Å². The third kappa shape index (κ3) is 2.66. The molecule has 2 aromatic rings. The van der Waals surface area contributed by atoms with Gasteiger partial charge in [-0.25, -0.2) is 0 Å². The smallest absolute Gasteiger partial charge is 0.295 e. The summed E-state index contributed by atoms with van der Waals surface area (Å²) in [5.74, 6) is 0. The maximum absolute atomic E-state index is 5.74. The first-order valence-electron chi connectivity index (χ1n) is 6.89. The van der Waals surface area contributed by atoms with Crippen LogP contribution in [0.5, 0.6) is 0 Å². The van der Waals surface area contributed by atoms with E-state index in [4.69, 9.17) is 10.2 Å². The molecule has 0 amide bonds. The Morgan fingerprint density at radius 1 is 1.53 bits per heavy atom. The summed E-state index contributed by atoms with van der Waals surface area (Å²) >= 11 is 0. The molecule has 0 radical (unpaired) electrons. The normalized spacial score (nSPS) is 20.8. The topological polar surface area (TPSA) is 67.3 Å². The monoisotopic (exact) mass is 260 g/mol. The SMILES string of the molecule is CCN1CCCC(Nc2nc3cc(N)ccc3o2)C1. The summed E-state index contributed by atoms with van der Waals surface area (Å²) in [5, 5.41) is 3.39. The average Bonchev–Trinajstić information content (AvgIpc) is 2.80. The zero-order chi connectivity index (χ0) is 13.2. The molecule has 0 aliphatic carbocycles. The van der Waals surface area contributed by atoms with Gasteiger partial charge in [-0.2, -0.15) is 4.98 Å². The van der Waals surface area contributed by atoms with Gasteiger partial charge in [-0.05, 0) is 44.1 Å². The lowest BCUT2D eigenvalue weighted by Gasteiger charge is -2.31. The van der Waals surface area contributed by atoms with Crippen LogP contribution in [0.1, 0.15) is 19.8 Å². The van der Waals surface area contributed by atoms with Gasteiger partial charge < -0.3 is 20.4 Å². The van der Waals surface area contributed by atoms with Gasteiger partial charge in [-0.1, -0.05) is 6.92 Å². The molecule has 0 bridgehead atoms. The molecular formula is C14H20N4O. The van der Waals surface area contributed by atoms with E-state index in [1.807, 2.05) is 18.2 Å². The van der Waals surface area contributed by atoms with Crippen molar-refractivity contribution in [2.24, 2.45) is 0 Å². The Hall–Kier alpha value is -1.75. The zero-order valence-electron chi connectivity index (χ0n) is 11.2. The molecule has 1 aromatic heterocycles. The van der Waals surface area contributed by atoms with E-state index >= 15 is 0 Å². The first kappa shape index (κ1) is 12.3. The summed E-state index contributed by atoms with van der Waals surface area (Å²) < 4.78 is 5.70. The van der Waals surface area contributed by atoms with Crippen molar-refractivity contribution < 1.29 is 4.42 Å². The number of likely N-dealkylation sites (tertiary alicyclic amines) is 1. The number of fused-ring (bicyclic) bond motifs is 1. The molecule has 1 unspecified atom stereocenters.